The Morgan fingerprint density at radius 1 is 1.56 bits per heavy atom. The molecule has 1 aliphatic carbocycles. The van der Waals surface area contributed by atoms with E-state index in [1.54, 1.807) is 7.11 Å². The predicted octanol–water partition coefficient (Wildman–Crippen LogP) is 2.45. The van der Waals surface area contributed by atoms with Crippen molar-refractivity contribution in [3.63, 3.8) is 0 Å². The number of anilines is 1. The van der Waals surface area contributed by atoms with Crippen LogP contribution in [0.5, 0.6) is 0 Å². The van der Waals surface area contributed by atoms with Gasteiger partial charge in [-0.15, -0.1) is 0 Å². The molecule has 0 saturated heterocycles. The zero-order valence-electron chi connectivity index (χ0n) is 10.1. The Bertz CT molecular complexity index is 324. The highest BCUT2D eigenvalue weighted by molar-refractivity contribution is 5.27. The van der Waals surface area contributed by atoms with E-state index in [-0.39, 0.29) is 0 Å². The van der Waals surface area contributed by atoms with Gasteiger partial charge in [0.15, 0.2) is 0 Å². The molecule has 4 heteroatoms. The van der Waals surface area contributed by atoms with Crippen molar-refractivity contribution < 1.29 is 4.74 Å². The second-order valence-electron chi connectivity index (χ2n) is 4.36. The maximum absolute atomic E-state index is 5.53. The van der Waals surface area contributed by atoms with Gasteiger partial charge >= 0.3 is 0 Å². The molecule has 1 N–H and O–H groups in total. The minimum Gasteiger partial charge on any atom is -0.379 e. The van der Waals surface area contributed by atoms with Gasteiger partial charge in [-0.25, -0.2) is 4.98 Å². The van der Waals surface area contributed by atoms with Crippen molar-refractivity contribution in [3.8, 4) is 0 Å². The average Bonchev–Trinajstić information content (AvgIpc) is 2.93. The Morgan fingerprint density at radius 2 is 2.44 bits per heavy atom. The molecule has 2 atom stereocenters. The molecule has 0 amide bonds. The van der Waals surface area contributed by atoms with E-state index in [0.717, 1.165) is 25.3 Å². The molecule has 4 nitrogen and oxygen atoms in total. The van der Waals surface area contributed by atoms with Gasteiger partial charge in [-0.3, -0.25) is 0 Å². The summed E-state index contributed by atoms with van der Waals surface area (Å²) >= 11 is 0. The first-order chi connectivity index (χ1) is 7.86. The number of nitrogens with zero attached hydrogens (tertiary/aromatic N) is 2. The highest BCUT2D eigenvalue weighted by Gasteiger charge is 2.29. The molecule has 1 aliphatic rings. The molecule has 0 spiro atoms. The number of imidazole rings is 1. The lowest BCUT2D eigenvalue weighted by molar-refractivity contribution is 0.0755. The van der Waals surface area contributed by atoms with Gasteiger partial charge in [0, 0.05) is 26.0 Å². The number of ether oxygens (including phenoxy) is 1. The van der Waals surface area contributed by atoms with Gasteiger partial charge in [-0.1, -0.05) is 6.92 Å². The molecule has 1 aromatic rings. The predicted molar refractivity (Wildman–Crippen MR) is 64.7 cm³/mol. The molecule has 0 bridgehead atoms. The molecule has 0 radical (unpaired) electrons. The second-order valence-corrected chi connectivity index (χ2v) is 4.36. The van der Waals surface area contributed by atoms with Gasteiger partial charge < -0.3 is 14.6 Å². The molecule has 16 heavy (non-hydrogen) atoms. The van der Waals surface area contributed by atoms with Crippen molar-refractivity contribution in [2.24, 2.45) is 0 Å². The summed E-state index contributed by atoms with van der Waals surface area (Å²) in [7, 11) is 1.80. The van der Waals surface area contributed by atoms with Crippen molar-refractivity contribution in [1.29, 1.82) is 0 Å². The van der Waals surface area contributed by atoms with E-state index >= 15 is 0 Å². The fourth-order valence-electron chi connectivity index (χ4n) is 2.45. The molecular formula is C12H21N3O. The van der Waals surface area contributed by atoms with Crippen molar-refractivity contribution in [2.75, 3.05) is 19.0 Å². The number of hydrogen-bond donors (Lipinski definition) is 1. The average molecular weight is 223 g/mol. The molecule has 2 rings (SSSR count). The topological polar surface area (TPSA) is 39.1 Å². The number of rotatable bonds is 5. The number of hydrogen-bond acceptors (Lipinski definition) is 3. The molecule has 90 valence electrons. The van der Waals surface area contributed by atoms with Crippen LogP contribution in [0.1, 0.15) is 38.6 Å². The highest BCUT2D eigenvalue weighted by Crippen LogP contribution is 2.33. The SMILES string of the molecule is CCCNc1nccn1C1CCCC1OC. The van der Waals surface area contributed by atoms with E-state index in [4.69, 9.17) is 4.74 Å². The summed E-state index contributed by atoms with van der Waals surface area (Å²) in [5.41, 5.74) is 0. The maximum atomic E-state index is 5.53. The van der Waals surface area contributed by atoms with Gasteiger partial charge in [0.25, 0.3) is 0 Å². The molecule has 1 fully saturated rings. The largest absolute Gasteiger partial charge is 0.379 e. The molecule has 0 aromatic carbocycles. The minimum absolute atomic E-state index is 0.344. The third-order valence-corrected chi connectivity index (χ3v) is 3.28. The van der Waals surface area contributed by atoms with Crippen LogP contribution in [0.15, 0.2) is 12.4 Å². The Kier molecular flexibility index (Phi) is 3.83. The van der Waals surface area contributed by atoms with Crippen LogP contribution < -0.4 is 5.32 Å². The Labute approximate surface area is 97.0 Å². The van der Waals surface area contributed by atoms with Gasteiger partial charge in [0.05, 0.1) is 12.1 Å². The third kappa shape index (κ3) is 2.21. The monoisotopic (exact) mass is 223 g/mol. The van der Waals surface area contributed by atoms with Crippen LogP contribution in [-0.2, 0) is 4.74 Å². The second kappa shape index (κ2) is 5.34. The zero-order valence-corrected chi connectivity index (χ0v) is 10.1. The Hall–Kier alpha value is -1.03. The molecular weight excluding hydrogens is 202 g/mol. The van der Waals surface area contributed by atoms with Crippen LogP contribution in [0.25, 0.3) is 0 Å². The van der Waals surface area contributed by atoms with E-state index in [2.05, 4.69) is 28.0 Å². The van der Waals surface area contributed by atoms with Crippen LogP contribution in [0.3, 0.4) is 0 Å². The van der Waals surface area contributed by atoms with Crippen molar-refractivity contribution >= 4 is 5.95 Å². The fraction of sp³-hybridized carbons (Fsp3) is 0.750. The van der Waals surface area contributed by atoms with Crippen LogP contribution in [0.4, 0.5) is 5.95 Å². The molecule has 0 aliphatic heterocycles. The molecule has 1 aromatic heterocycles. The lowest BCUT2D eigenvalue weighted by Crippen LogP contribution is -2.22. The van der Waals surface area contributed by atoms with Crippen molar-refractivity contribution in [2.45, 2.75) is 44.8 Å². The fourth-order valence-corrected chi connectivity index (χ4v) is 2.45. The van der Waals surface area contributed by atoms with E-state index in [1.807, 2.05) is 6.20 Å². The van der Waals surface area contributed by atoms with Gasteiger partial charge in [-0.2, -0.15) is 0 Å². The number of methoxy groups -OCH3 is 1. The summed E-state index contributed by atoms with van der Waals surface area (Å²) in [4.78, 5) is 4.36. The Balaban J connectivity index is 2.10. The summed E-state index contributed by atoms with van der Waals surface area (Å²) in [5, 5.41) is 3.36. The highest BCUT2D eigenvalue weighted by atomic mass is 16.5. The van der Waals surface area contributed by atoms with Gasteiger partial charge in [0.2, 0.25) is 5.95 Å². The standard InChI is InChI=1S/C12H21N3O/c1-3-7-13-12-14-8-9-15(12)10-5-4-6-11(10)16-2/h8-11H,3-7H2,1-2H3,(H,13,14). The molecule has 1 saturated carbocycles. The van der Waals surface area contributed by atoms with Gasteiger partial charge in [-0.05, 0) is 25.7 Å². The summed E-state index contributed by atoms with van der Waals surface area (Å²) in [6, 6.07) is 0.451. The quantitative estimate of drug-likeness (QED) is 0.833. The van der Waals surface area contributed by atoms with Crippen molar-refractivity contribution in [1.82, 2.24) is 9.55 Å². The number of aromatic nitrogens is 2. The number of nitrogens with one attached hydrogen (secondary N) is 1. The van der Waals surface area contributed by atoms with E-state index in [9.17, 15) is 0 Å². The van der Waals surface area contributed by atoms with Crippen LogP contribution in [0, 0.1) is 0 Å². The lowest BCUT2D eigenvalue weighted by Gasteiger charge is -2.21. The zero-order chi connectivity index (χ0) is 11.4. The minimum atomic E-state index is 0.344. The van der Waals surface area contributed by atoms with E-state index in [1.165, 1.54) is 12.8 Å². The smallest absolute Gasteiger partial charge is 0.203 e. The Morgan fingerprint density at radius 3 is 3.19 bits per heavy atom. The first-order valence-corrected chi connectivity index (χ1v) is 6.16. The third-order valence-electron chi connectivity index (χ3n) is 3.28. The summed E-state index contributed by atoms with van der Waals surface area (Å²) in [6.07, 6.45) is 8.97. The lowest BCUT2D eigenvalue weighted by atomic mass is 10.2. The van der Waals surface area contributed by atoms with Crippen LogP contribution >= 0.6 is 0 Å². The van der Waals surface area contributed by atoms with E-state index in [0.29, 0.717) is 12.1 Å². The molecule has 1 heterocycles. The first-order valence-electron chi connectivity index (χ1n) is 6.16. The summed E-state index contributed by atoms with van der Waals surface area (Å²) < 4.78 is 7.76. The summed E-state index contributed by atoms with van der Waals surface area (Å²) in [6.45, 7) is 3.13. The van der Waals surface area contributed by atoms with E-state index < -0.39 is 0 Å². The molecule has 2 unspecified atom stereocenters. The van der Waals surface area contributed by atoms with Gasteiger partial charge in [0.1, 0.15) is 0 Å². The van der Waals surface area contributed by atoms with Crippen LogP contribution in [-0.4, -0.2) is 29.3 Å². The normalized spacial score (nSPS) is 24.9. The first kappa shape index (κ1) is 11.5. The summed E-state index contributed by atoms with van der Waals surface area (Å²) in [5.74, 6) is 0.982. The van der Waals surface area contributed by atoms with Crippen molar-refractivity contribution in [3.05, 3.63) is 12.4 Å². The maximum Gasteiger partial charge on any atom is 0.203 e. The van der Waals surface area contributed by atoms with Crippen LogP contribution in [0.2, 0.25) is 0 Å².